The fraction of sp³-hybridized carbons (Fsp3) is 0.0645. The van der Waals surface area contributed by atoms with Crippen LogP contribution in [0.5, 0.6) is 0 Å². The van der Waals surface area contributed by atoms with Crippen LogP contribution in [-0.2, 0) is 13.6 Å². The van der Waals surface area contributed by atoms with Gasteiger partial charge in [-0.2, -0.15) is 9.90 Å². The lowest BCUT2D eigenvalue weighted by Crippen LogP contribution is -2.17. The smallest absolute Gasteiger partial charge is 0.271 e. The molecule has 2 heterocycles. The molecule has 8 nitrogen and oxygen atoms in total. The van der Waals surface area contributed by atoms with E-state index in [1.807, 2.05) is 79.8 Å². The molecule has 2 aromatic heterocycles. The van der Waals surface area contributed by atoms with E-state index < -0.39 is 0 Å². The van der Waals surface area contributed by atoms with Gasteiger partial charge in [0.05, 0.1) is 18.5 Å². The van der Waals surface area contributed by atoms with Crippen LogP contribution < -0.4 is 5.43 Å². The zero-order valence-corrected chi connectivity index (χ0v) is 21.3. The minimum absolute atomic E-state index is 0.287. The van der Waals surface area contributed by atoms with Gasteiger partial charge < -0.3 is 4.57 Å². The van der Waals surface area contributed by atoms with E-state index in [-0.39, 0.29) is 5.91 Å². The average molecular weight is 512 g/mol. The third-order valence-corrected chi connectivity index (χ3v) is 6.58. The number of carbonyl (C=O) groups excluding carboxylic acids is 1. The maximum atomic E-state index is 12.8. The first-order valence-electron chi connectivity index (χ1n) is 12.6. The summed E-state index contributed by atoms with van der Waals surface area (Å²) >= 11 is 0. The maximum absolute atomic E-state index is 12.8. The Morgan fingerprint density at radius 1 is 0.846 bits per heavy atom. The van der Waals surface area contributed by atoms with Crippen molar-refractivity contribution in [2.75, 3.05) is 0 Å². The van der Waals surface area contributed by atoms with Gasteiger partial charge in [-0.25, -0.2) is 5.43 Å². The molecule has 0 fully saturated rings. The largest absolute Gasteiger partial charge is 0.343 e. The van der Waals surface area contributed by atoms with Crippen LogP contribution in [0.3, 0.4) is 0 Å². The summed E-state index contributed by atoms with van der Waals surface area (Å²) in [5, 5.41) is 18.1. The van der Waals surface area contributed by atoms with Crippen molar-refractivity contribution in [2.24, 2.45) is 12.1 Å². The summed E-state index contributed by atoms with van der Waals surface area (Å²) in [6, 6.07) is 35.3. The molecule has 0 aliphatic heterocycles. The Morgan fingerprint density at radius 3 is 2.26 bits per heavy atom. The van der Waals surface area contributed by atoms with E-state index in [0.29, 0.717) is 17.9 Å². The van der Waals surface area contributed by atoms with Crippen LogP contribution >= 0.6 is 0 Å². The van der Waals surface area contributed by atoms with E-state index in [1.54, 1.807) is 18.3 Å². The Bertz CT molecular complexity index is 1770. The van der Waals surface area contributed by atoms with E-state index >= 15 is 0 Å². The molecule has 0 saturated carbocycles. The minimum atomic E-state index is -0.287. The summed E-state index contributed by atoms with van der Waals surface area (Å²) in [7, 11) is 2.04. The molecule has 0 atom stereocenters. The van der Waals surface area contributed by atoms with Crippen LogP contribution in [0.4, 0.5) is 0 Å². The Balaban J connectivity index is 1.16. The van der Waals surface area contributed by atoms with Crippen molar-refractivity contribution in [3.63, 3.8) is 0 Å². The molecule has 6 rings (SSSR count). The van der Waals surface area contributed by atoms with Gasteiger partial charge in [0, 0.05) is 34.6 Å². The number of fused-ring (bicyclic) bond motifs is 1. The number of aryl methyl sites for hydroxylation is 1. The number of hydrogen-bond acceptors (Lipinski definition) is 5. The van der Waals surface area contributed by atoms with Crippen molar-refractivity contribution < 1.29 is 4.79 Å². The summed E-state index contributed by atoms with van der Waals surface area (Å²) in [6.45, 7) is 0.448. The Kier molecular flexibility index (Phi) is 6.49. The SMILES string of the molecule is Cn1c(-c2ccccc2)c(/C=N/NC(=O)c2ccc(Cn3nnc(-c4ccccc4)n3)cc2)c2ccccc21. The molecule has 4 aromatic carbocycles. The van der Waals surface area contributed by atoms with Crippen molar-refractivity contribution in [3.05, 3.63) is 126 Å². The lowest BCUT2D eigenvalue weighted by molar-refractivity contribution is 0.0955. The second kappa shape index (κ2) is 10.5. The molecule has 0 spiro atoms. The van der Waals surface area contributed by atoms with Gasteiger partial charge >= 0.3 is 0 Å². The third kappa shape index (κ3) is 4.95. The van der Waals surface area contributed by atoms with Crippen LogP contribution in [0, 0.1) is 0 Å². The first-order valence-corrected chi connectivity index (χ1v) is 12.6. The molecular weight excluding hydrogens is 486 g/mol. The second-order valence-corrected chi connectivity index (χ2v) is 9.11. The van der Waals surface area contributed by atoms with Crippen LogP contribution in [0.25, 0.3) is 33.5 Å². The Morgan fingerprint density at radius 2 is 1.51 bits per heavy atom. The van der Waals surface area contributed by atoms with E-state index in [1.165, 1.54) is 4.80 Å². The number of hydrogen-bond donors (Lipinski definition) is 1. The summed E-state index contributed by atoms with van der Waals surface area (Å²) in [5.41, 5.74) is 9.21. The second-order valence-electron chi connectivity index (χ2n) is 9.11. The van der Waals surface area contributed by atoms with Crippen LogP contribution in [0.1, 0.15) is 21.5 Å². The number of rotatable bonds is 7. The number of benzene rings is 4. The molecule has 0 unspecified atom stereocenters. The van der Waals surface area contributed by atoms with Crippen molar-refractivity contribution in [1.29, 1.82) is 0 Å². The highest BCUT2D eigenvalue weighted by atomic mass is 16.2. The van der Waals surface area contributed by atoms with E-state index in [2.05, 4.69) is 54.8 Å². The normalized spacial score (nSPS) is 11.3. The van der Waals surface area contributed by atoms with Crippen LogP contribution in [0.15, 0.2) is 114 Å². The van der Waals surface area contributed by atoms with Gasteiger partial charge in [-0.1, -0.05) is 91.0 Å². The van der Waals surface area contributed by atoms with E-state index in [9.17, 15) is 4.79 Å². The molecule has 8 heteroatoms. The predicted molar refractivity (Wildman–Crippen MR) is 152 cm³/mol. The van der Waals surface area contributed by atoms with Crippen molar-refractivity contribution in [1.82, 2.24) is 30.2 Å². The first kappa shape index (κ1) is 24.0. The monoisotopic (exact) mass is 511 g/mol. The number of amides is 1. The molecule has 1 amide bonds. The number of tetrazole rings is 1. The lowest BCUT2D eigenvalue weighted by Gasteiger charge is -2.06. The van der Waals surface area contributed by atoms with Crippen LogP contribution in [0.2, 0.25) is 0 Å². The van der Waals surface area contributed by atoms with Gasteiger partial charge in [0.25, 0.3) is 5.91 Å². The number of para-hydroxylation sites is 1. The Labute approximate surface area is 225 Å². The topological polar surface area (TPSA) is 90.0 Å². The fourth-order valence-electron chi connectivity index (χ4n) is 4.66. The van der Waals surface area contributed by atoms with Gasteiger partial charge in [0.1, 0.15) is 0 Å². The zero-order valence-electron chi connectivity index (χ0n) is 21.3. The summed E-state index contributed by atoms with van der Waals surface area (Å²) in [5.74, 6) is 0.288. The minimum Gasteiger partial charge on any atom is -0.343 e. The van der Waals surface area contributed by atoms with Crippen molar-refractivity contribution in [3.8, 4) is 22.6 Å². The highest BCUT2D eigenvalue weighted by Gasteiger charge is 2.15. The number of aromatic nitrogens is 5. The van der Waals surface area contributed by atoms with Gasteiger partial charge in [-0.15, -0.1) is 10.2 Å². The molecule has 0 saturated heterocycles. The number of nitrogens with one attached hydrogen (secondary N) is 1. The molecule has 0 aliphatic carbocycles. The highest BCUT2D eigenvalue weighted by molar-refractivity contribution is 6.07. The fourth-order valence-corrected chi connectivity index (χ4v) is 4.66. The molecule has 6 aromatic rings. The maximum Gasteiger partial charge on any atom is 0.271 e. The summed E-state index contributed by atoms with van der Waals surface area (Å²) in [6.07, 6.45) is 1.72. The third-order valence-electron chi connectivity index (χ3n) is 6.58. The average Bonchev–Trinajstić information content (AvgIpc) is 3.57. The number of hydrazone groups is 1. The Hall–Kier alpha value is -5.37. The van der Waals surface area contributed by atoms with Gasteiger partial charge in [0.2, 0.25) is 5.82 Å². The molecule has 0 radical (unpaired) electrons. The molecule has 1 N–H and O–H groups in total. The molecular formula is C31H25N7O. The molecule has 0 bridgehead atoms. The van der Waals surface area contributed by atoms with Crippen molar-refractivity contribution in [2.45, 2.75) is 6.54 Å². The quantitative estimate of drug-likeness (QED) is 0.232. The van der Waals surface area contributed by atoms with E-state index in [0.717, 1.165) is 38.9 Å². The predicted octanol–water partition coefficient (Wildman–Crippen LogP) is 5.31. The molecule has 39 heavy (non-hydrogen) atoms. The standard InChI is InChI=1S/C31H25N7O/c1-37-28-15-9-8-14-26(28)27(29(37)23-10-4-2-5-11-23)20-32-34-31(39)25-18-16-22(17-19-25)21-38-35-30(33-36-38)24-12-6-3-7-13-24/h2-20H,21H2,1H3,(H,34,39)/b32-20+. The lowest BCUT2D eigenvalue weighted by atomic mass is 10.1. The zero-order chi connectivity index (χ0) is 26.6. The van der Waals surface area contributed by atoms with Crippen LogP contribution in [-0.4, -0.2) is 36.9 Å². The van der Waals surface area contributed by atoms with E-state index in [4.69, 9.17) is 0 Å². The first-order chi connectivity index (χ1) is 19.2. The molecule has 0 aliphatic rings. The van der Waals surface area contributed by atoms with Gasteiger partial charge in [-0.3, -0.25) is 4.79 Å². The van der Waals surface area contributed by atoms with Gasteiger partial charge in [-0.05, 0) is 34.5 Å². The summed E-state index contributed by atoms with van der Waals surface area (Å²) < 4.78 is 2.15. The van der Waals surface area contributed by atoms with Gasteiger partial charge in [0.15, 0.2) is 0 Å². The number of nitrogens with zero attached hydrogens (tertiary/aromatic N) is 6. The molecule has 190 valence electrons. The summed E-state index contributed by atoms with van der Waals surface area (Å²) in [4.78, 5) is 14.4. The highest BCUT2D eigenvalue weighted by Crippen LogP contribution is 2.31. The van der Waals surface area contributed by atoms with Crippen molar-refractivity contribution >= 4 is 23.0 Å². The number of carbonyl (C=O) groups is 1.